The minimum atomic E-state index is -2.69. The van der Waals surface area contributed by atoms with Gasteiger partial charge in [-0.2, -0.15) is 10.2 Å². The number of nitrogens with zero attached hydrogens (tertiary/aromatic N) is 5. The summed E-state index contributed by atoms with van der Waals surface area (Å²) in [4.78, 5) is 16.8. The molecule has 3 aromatic heterocycles. The number of carbonyl (C=O) groups is 1. The van der Waals surface area contributed by atoms with E-state index in [1.807, 2.05) is 13.8 Å². The number of nitrogens with one attached hydrogen (secondary N) is 1. The number of hydrogen-bond donors (Lipinski definition) is 1. The first kappa shape index (κ1) is 19.8. The number of aryl methyl sites for hydroxylation is 2. The van der Waals surface area contributed by atoms with E-state index in [9.17, 15) is 13.6 Å². The minimum Gasteiger partial charge on any atom is -0.351 e. The van der Waals surface area contributed by atoms with Crippen molar-refractivity contribution in [3.8, 4) is 0 Å². The Hall–Kier alpha value is -2.55. The van der Waals surface area contributed by atoms with Crippen molar-refractivity contribution < 1.29 is 13.6 Å². The molecule has 0 radical (unpaired) electrons. The zero-order valence-electron chi connectivity index (χ0n) is 16.1. The predicted molar refractivity (Wildman–Crippen MR) is 104 cm³/mol. The Morgan fingerprint density at radius 1 is 1.31 bits per heavy atom. The van der Waals surface area contributed by atoms with Crippen LogP contribution in [0.3, 0.4) is 0 Å². The van der Waals surface area contributed by atoms with Gasteiger partial charge < -0.3 is 5.32 Å². The molecule has 0 saturated heterocycles. The average Bonchev–Trinajstić information content (AvgIpc) is 3.41. The fourth-order valence-corrected chi connectivity index (χ4v) is 3.42. The smallest absolute Gasteiger partial charge is 0.280 e. The largest absolute Gasteiger partial charge is 0.351 e. The van der Waals surface area contributed by atoms with Crippen LogP contribution < -0.4 is 5.32 Å². The van der Waals surface area contributed by atoms with Gasteiger partial charge in [0, 0.05) is 30.8 Å². The number of aromatic nitrogens is 5. The van der Waals surface area contributed by atoms with Crippen molar-refractivity contribution in [1.29, 1.82) is 0 Å². The first-order valence-corrected chi connectivity index (χ1v) is 9.89. The highest BCUT2D eigenvalue weighted by atomic mass is 35.5. The fourth-order valence-electron chi connectivity index (χ4n) is 3.29. The van der Waals surface area contributed by atoms with Crippen LogP contribution in [0.4, 0.5) is 8.78 Å². The van der Waals surface area contributed by atoms with Gasteiger partial charge in [0.15, 0.2) is 11.3 Å². The molecule has 10 heteroatoms. The van der Waals surface area contributed by atoms with Gasteiger partial charge in [-0.3, -0.25) is 9.48 Å². The van der Waals surface area contributed by atoms with E-state index in [1.54, 1.807) is 4.68 Å². The summed E-state index contributed by atoms with van der Waals surface area (Å²) in [7, 11) is 0. The molecule has 3 heterocycles. The number of rotatable bonds is 7. The Bertz CT molecular complexity index is 1070. The van der Waals surface area contributed by atoms with Crippen LogP contribution in [0.2, 0.25) is 5.02 Å². The maximum absolute atomic E-state index is 13.4. The van der Waals surface area contributed by atoms with Gasteiger partial charge in [0.25, 0.3) is 12.3 Å². The summed E-state index contributed by atoms with van der Waals surface area (Å²) >= 11 is 6.13. The van der Waals surface area contributed by atoms with Crippen molar-refractivity contribution >= 4 is 23.2 Å². The number of amides is 1. The molecular weight excluding hydrogens is 402 g/mol. The Labute approximate surface area is 171 Å². The van der Waals surface area contributed by atoms with E-state index in [1.165, 1.54) is 12.1 Å². The van der Waals surface area contributed by atoms with Crippen molar-refractivity contribution in [3.63, 3.8) is 0 Å². The maximum Gasteiger partial charge on any atom is 0.280 e. The normalized spacial score (nSPS) is 14.1. The first-order valence-electron chi connectivity index (χ1n) is 9.51. The number of halogens is 3. The predicted octanol–water partition coefficient (Wildman–Crippen LogP) is 3.83. The highest BCUT2D eigenvalue weighted by Crippen LogP contribution is 2.40. The van der Waals surface area contributed by atoms with Gasteiger partial charge in [-0.15, -0.1) is 0 Å². The molecule has 0 aromatic carbocycles. The van der Waals surface area contributed by atoms with E-state index in [2.05, 4.69) is 20.5 Å². The molecule has 1 amide bonds. The monoisotopic (exact) mass is 422 g/mol. The molecule has 0 spiro atoms. The fraction of sp³-hybridized carbons (Fsp3) is 0.474. The molecule has 1 aliphatic carbocycles. The van der Waals surface area contributed by atoms with Crippen LogP contribution in [0, 0.1) is 13.8 Å². The van der Waals surface area contributed by atoms with Crippen molar-refractivity contribution in [2.45, 2.75) is 52.0 Å². The van der Waals surface area contributed by atoms with Crippen molar-refractivity contribution in [1.82, 2.24) is 29.7 Å². The van der Waals surface area contributed by atoms with Gasteiger partial charge in [-0.05, 0) is 39.2 Å². The molecule has 1 saturated carbocycles. The maximum atomic E-state index is 13.4. The Kier molecular flexibility index (Phi) is 5.24. The average molecular weight is 423 g/mol. The second-order valence-electron chi connectivity index (χ2n) is 7.30. The molecule has 1 N–H and O–H groups in total. The van der Waals surface area contributed by atoms with Crippen LogP contribution in [0.25, 0.3) is 5.65 Å². The van der Waals surface area contributed by atoms with E-state index in [0.717, 1.165) is 28.7 Å². The molecule has 29 heavy (non-hydrogen) atoms. The van der Waals surface area contributed by atoms with Crippen LogP contribution in [0.15, 0.2) is 12.1 Å². The summed E-state index contributed by atoms with van der Waals surface area (Å²) in [6.07, 6.45) is -0.146. The first-order chi connectivity index (χ1) is 13.8. The van der Waals surface area contributed by atoms with E-state index in [4.69, 9.17) is 11.6 Å². The zero-order chi connectivity index (χ0) is 20.7. The number of alkyl halides is 2. The van der Waals surface area contributed by atoms with Gasteiger partial charge in [0.2, 0.25) is 0 Å². The van der Waals surface area contributed by atoms with Crippen molar-refractivity contribution in [2.24, 2.45) is 0 Å². The molecular formula is C19H21ClF2N6O. The molecule has 7 nitrogen and oxygen atoms in total. The van der Waals surface area contributed by atoms with Crippen molar-refractivity contribution in [2.75, 3.05) is 6.54 Å². The topological polar surface area (TPSA) is 77.1 Å². The SMILES string of the molecule is Cc1nn(CCCNC(=O)c2cc3nc(C4CC4)cc(C(F)F)n3n2)c(C)c1Cl. The van der Waals surface area contributed by atoms with Crippen LogP contribution in [0.5, 0.6) is 0 Å². The molecule has 1 aliphatic rings. The zero-order valence-corrected chi connectivity index (χ0v) is 16.9. The van der Waals surface area contributed by atoms with Gasteiger partial charge in [-0.1, -0.05) is 11.6 Å². The number of fused-ring (bicyclic) bond motifs is 1. The van der Waals surface area contributed by atoms with Crippen LogP contribution in [0.1, 0.15) is 64.9 Å². The molecule has 1 fully saturated rings. The van der Waals surface area contributed by atoms with Crippen LogP contribution in [-0.4, -0.2) is 36.8 Å². The Morgan fingerprint density at radius 2 is 2.07 bits per heavy atom. The lowest BCUT2D eigenvalue weighted by Gasteiger charge is -2.06. The van der Waals surface area contributed by atoms with Crippen molar-refractivity contribution in [3.05, 3.63) is 45.6 Å². The summed E-state index contributed by atoms with van der Waals surface area (Å²) in [6.45, 7) is 4.73. The number of carbonyl (C=O) groups excluding carboxylic acids is 1. The quantitative estimate of drug-likeness (QED) is 0.587. The van der Waals surface area contributed by atoms with Crippen LogP contribution >= 0.6 is 11.6 Å². The third-order valence-corrected chi connectivity index (χ3v) is 5.60. The number of hydrogen-bond acceptors (Lipinski definition) is 4. The molecule has 4 rings (SSSR count). The molecule has 0 unspecified atom stereocenters. The summed E-state index contributed by atoms with van der Waals surface area (Å²) in [5.41, 5.74) is 2.40. The second-order valence-corrected chi connectivity index (χ2v) is 7.68. The van der Waals surface area contributed by atoms with Crippen LogP contribution in [-0.2, 0) is 6.54 Å². The van der Waals surface area contributed by atoms with Gasteiger partial charge in [0.1, 0.15) is 5.69 Å². The molecule has 0 aliphatic heterocycles. The van der Waals surface area contributed by atoms with Gasteiger partial charge in [0.05, 0.1) is 16.4 Å². The molecule has 154 valence electrons. The lowest BCUT2D eigenvalue weighted by Crippen LogP contribution is -2.26. The second kappa shape index (κ2) is 7.70. The van der Waals surface area contributed by atoms with E-state index >= 15 is 0 Å². The van der Waals surface area contributed by atoms with E-state index in [-0.39, 0.29) is 23.0 Å². The standard InChI is InChI=1S/C19H21ClF2N6O/c1-10-17(20)11(2)27(25-10)7-3-6-23-19(29)14-9-16-24-13(12-4-5-12)8-15(18(21)22)28(16)26-14/h8-9,12,18H,3-7H2,1-2H3,(H,23,29). The lowest BCUT2D eigenvalue weighted by atomic mass is 10.2. The molecule has 0 atom stereocenters. The van der Waals surface area contributed by atoms with E-state index in [0.29, 0.717) is 30.2 Å². The molecule has 3 aromatic rings. The Balaban J connectivity index is 1.43. The molecule has 0 bridgehead atoms. The third kappa shape index (κ3) is 3.96. The summed E-state index contributed by atoms with van der Waals surface area (Å²) in [6, 6.07) is 2.84. The Morgan fingerprint density at radius 3 is 2.69 bits per heavy atom. The lowest BCUT2D eigenvalue weighted by molar-refractivity contribution is 0.0946. The van der Waals surface area contributed by atoms with Gasteiger partial charge >= 0.3 is 0 Å². The summed E-state index contributed by atoms with van der Waals surface area (Å²) in [5.74, 6) is -0.192. The summed E-state index contributed by atoms with van der Waals surface area (Å²) in [5, 5.41) is 11.8. The minimum absolute atomic E-state index is 0.0708. The summed E-state index contributed by atoms with van der Waals surface area (Å²) < 4.78 is 29.7. The van der Waals surface area contributed by atoms with E-state index < -0.39 is 12.3 Å². The highest BCUT2D eigenvalue weighted by molar-refractivity contribution is 6.31. The third-order valence-electron chi connectivity index (χ3n) is 5.05. The van der Waals surface area contributed by atoms with Gasteiger partial charge in [-0.25, -0.2) is 18.3 Å². The highest BCUT2D eigenvalue weighted by Gasteiger charge is 2.28.